The Morgan fingerprint density at radius 3 is 2.65 bits per heavy atom. The molecule has 0 bridgehead atoms. The molecule has 0 radical (unpaired) electrons. The van der Waals surface area contributed by atoms with Crippen LogP contribution in [0.2, 0.25) is 0 Å². The second-order valence-electron chi connectivity index (χ2n) is 7.80. The summed E-state index contributed by atoms with van der Waals surface area (Å²) < 4.78 is 20.9. The second kappa shape index (κ2) is 10.9. The number of nitrogens with one attached hydrogen (secondary N) is 1. The van der Waals surface area contributed by atoms with Gasteiger partial charge in [-0.25, -0.2) is 14.1 Å². The van der Waals surface area contributed by atoms with Crippen LogP contribution in [0.5, 0.6) is 5.75 Å². The number of likely N-dealkylation sites (N-methyl/N-ethyl adjacent to an activating group) is 1. The molecule has 0 aliphatic carbocycles. The molecule has 0 unspecified atom stereocenters. The van der Waals surface area contributed by atoms with E-state index in [-0.39, 0.29) is 18.3 Å². The van der Waals surface area contributed by atoms with Crippen LogP contribution >= 0.6 is 0 Å². The summed E-state index contributed by atoms with van der Waals surface area (Å²) >= 11 is 0. The number of nitrogens with zero attached hydrogens (tertiary/aromatic N) is 4. The fourth-order valence-electron chi connectivity index (χ4n) is 3.75. The van der Waals surface area contributed by atoms with Gasteiger partial charge in [0.15, 0.2) is 12.3 Å². The Kier molecular flexibility index (Phi) is 7.49. The van der Waals surface area contributed by atoms with Gasteiger partial charge in [-0.15, -0.1) is 0 Å². The number of halogens is 1. The number of carbonyl (C=O) groups excluding carboxylic acids is 1. The van der Waals surface area contributed by atoms with Gasteiger partial charge in [0.1, 0.15) is 17.3 Å². The van der Waals surface area contributed by atoms with Gasteiger partial charge in [-0.1, -0.05) is 19.9 Å². The minimum absolute atomic E-state index is 0.0688. The average molecular weight is 462 g/mol. The second-order valence-corrected chi connectivity index (χ2v) is 7.80. The van der Waals surface area contributed by atoms with Crippen molar-refractivity contribution in [3.63, 3.8) is 0 Å². The third-order valence-electron chi connectivity index (χ3n) is 5.64. The molecule has 0 fully saturated rings. The third kappa shape index (κ3) is 5.40. The van der Waals surface area contributed by atoms with Gasteiger partial charge in [0.2, 0.25) is 0 Å². The van der Waals surface area contributed by atoms with Crippen LogP contribution in [0.25, 0.3) is 28.0 Å². The van der Waals surface area contributed by atoms with E-state index in [0.29, 0.717) is 23.6 Å². The number of amides is 1. The lowest BCUT2D eigenvalue weighted by Crippen LogP contribution is -2.36. The first-order valence-electron chi connectivity index (χ1n) is 11.4. The van der Waals surface area contributed by atoms with Crippen LogP contribution in [0.4, 0.5) is 4.39 Å². The lowest BCUT2D eigenvalue weighted by Gasteiger charge is -2.18. The molecule has 1 N–H and O–H groups in total. The summed E-state index contributed by atoms with van der Waals surface area (Å²) in [5.41, 5.74) is 2.93. The molecule has 2 aromatic carbocycles. The topological polar surface area (TPSA) is 72.3 Å². The van der Waals surface area contributed by atoms with Crippen molar-refractivity contribution in [3.8, 4) is 22.7 Å². The van der Waals surface area contributed by atoms with E-state index in [2.05, 4.69) is 29.0 Å². The Hall–Kier alpha value is -3.78. The Morgan fingerprint density at radius 2 is 1.88 bits per heavy atom. The molecule has 7 nitrogen and oxygen atoms in total. The lowest BCUT2D eigenvalue weighted by atomic mass is 10.1. The van der Waals surface area contributed by atoms with E-state index in [1.807, 2.05) is 30.3 Å². The van der Waals surface area contributed by atoms with E-state index in [1.165, 1.54) is 12.1 Å². The van der Waals surface area contributed by atoms with Crippen molar-refractivity contribution >= 4 is 16.9 Å². The normalized spacial score (nSPS) is 11.2. The Labute approximate surface area is 198 Å². The van der Waals surface area contributed by atoms with E-state index in [9.17, 15) is 9.18 Å². The zero-order valence-corrected chi connectivity index (χ0v) is 19.4. The molecule has 4 aromatic rings. The predicted molar refractivity (Wildman–Crippen MR) is 131 cm³/mol. The fraction of sp³-hybridized carbons (Fsp3) is 0.269. The summed E-state index contributed by atoms with van der Waals surface area (Å²) in [7, 11) is 0. The minimum Gasteiger partial charge on any atom is -0.484 e. The molecule has 0 spiro atoms. The molecule has 4 rings (SSSR count). The molecule has 0 atom stereocenters. The summed E-state index contributed by atoms with van der Waals surface area (Å²) in [4.78, 5) is 18.9. The highest BCUT2D eigenvalue weighted by Crippen LogP contribution is 2.29. The van der Waals surface area contributed by atoms with Crippen molar-refractivity contribution in [2.24, 2.45) is 0 Å². The summed E-state index contributed by atoms with van der Waals surface area (Å²) in [6.45, 7) is 7.43. The van der Waals surface area contributed by atoms with Gasteiger partial charge in [0.05, 0.1) is 5.69 Å². The first-order valence-corrected chi connectivity index (χ1v) is 11.4. The van der Waals surface area contributed by atoms with Gasteiger partial charge >= 0.3 is 0 Å². The highest BCUT2D eigenvalue weighted by Gasteiger charge is 2.15. The van der Waals surface area contributed by atoms with E-state index < -0.39 is 0 Å². The van der Waals surface area contributed by atoms with Crippen molar-refractivity contribution in [1.29, 1.82) is 0 Å². The van der Waals surface area contributed by atoms with Crippen LogP contribution in [0.15, 0.2) is 66.9 Å². The molecule has 2 aromatic heterocycles. The SMILES string of the molecule is CCN(CC)CCNC(=O)COc1cccc(-n2nc(-c3ccc(F)cc3)c3cccnc32)c1. The summed E-state index contributed by atoms with van der Waals surface area (Å²) in [6, 6.07) is 17.4. The number of ether oxygens (including phenoxy) is 1. The molecule has 0 aliphatic rings. The van der Waals surface area contributed by atoms with Gasteiger partial charge < -0.3 is 15.0 Å². The van der Waals surface area contributed by atoms with Gasteiger partial charge in [0, 0.05) is 36.3 Å². The Morgan fingerprint density at radius 1 is 1.09 bits per heavy atom. The number of fused-ring (bicyclic) bond motifs is 1. The Balaban J connectivity index is 1.50. The van der Waals surface area contributed by atoms with Crippen LogP contribution in [0.3, 0.4) is 0 Å². The molecule has 2 heterocycles. The first-order chi connectivity index (χ1) is 16.6. The number of hydrogen-bond donors (Lipinski definition) is 1. The summed E-state index contributed by atoms with van der Waals surface area (Å²) in [5, 5.41) is 8.50. The maximum absolute atomic E-state index is 13.4. The van der Waals surface area contributed by atoms with Crippen LogP contribution < -0.4 is 10.1 Å². The molecular formula is C26H28FN5O2. The van der Waals surface area contributed by atoms with E-state index in [1.54, 1.807) is 29.1 Å². The van der Waals surface area contributed by atoms with Crippen molar-refractivity contribution in [2.45, 2.75) is 13.8 Å². The zero-order chi connectivity index (χ0) is 23.9. The zero-order valence-electron chi connectivity index (χ0n) is 19.4. The van der Waals surface area contributed by atoms with Crippen LogP contribution in [-0.2, 0) is 4.79 Å². The smallest absolute Gasteiger partial charge is 0.257 e. The standard InChI is InChI=1S/C26H28FN5O2/c1-3-31(4-2)16-15-28-24(33)18-34-22-8-5-7-21(17-22)32-26-23(9-6-14-29-26)25(30-32)19-10-12-20(27)13-11-19/h5-14,17H,3-4,15-16,18H2,1-2H3,(H,28,33). The summed E-state index contributed by atoms with van der Waals surface area (Å²) in [5.74, 6) is 0.0919. The molecule has 0 saturated carbocycles. The van der Waals surface area contributed by atoms with E-state index >= 15 is 0 Å². The highest BCUT2D eigenvalue weighted by molar-refractivity contribution is 5.92. The first kappa shape index (κ1) is 23.4. The predicted octanol–water partition coefficient (Wildman–Crippen LogP) is 4.06. The molecule has 176 valence electrons. The van der Waals surface area contributed by atoms with Crippen LogP contribution in [0, 0.1) is 5.82 Å². The number of rotatable bonds is 10. The van der Waals surface area contributed by atoms with Crippen LogP contribution in [0.1, 0.15) is 13.8 Å². The van der Waals surface area contributed by atoms with E-state index in [4.69, 9.17) is 9.84 Å². The Bertz CT molecular complexity index is 1250. The molecule has 0 aliphatic heterocycles. The van der Waals surface area contributed by atoms with E-state index in [0.717, 1.165) is 36.3 Å². The van der Waals surface area contributed by atoms with Crippen molar-refractivity contribution in [2.75, 3.05) is 32.8 Å². The number of benzene rings is 2. The average Bonchev–Trinajstić information content (AvgIpc) is 3.26. The monoisotopic (exact) mass is 461 g/mol. The maximum Gasteiger partial charge on any atom is 0.257 e. The molecular weight excluding hydrogens is 433 g/mol. The number of pyridine rings is 1. The number of hydrogen-bond acceptors (Lipinski definition) is 5. The molecule has 0 saturated heterocycles. The number of aromatic nitrogens is 3. The highest BCUT2D eigenvalue weighted by atomic mass is 19.1. The lowest BCUT2D eigenvalue weighted by molar-refractivity contribution is -0.123. The molecule has 8 heteroatoms. The van der Waals surface area contributed by atoms with Crippen molar-refractivity contribution < 1.29 is 13.9 Å². The maximum atomic E-state index is 13.4. The number of carbonyl (C=O) groups is 1. The van der Waals surface area contributed by atoms with Crippen molar-refractivity contribution in [3.05, 3.63) is 72.7 Å². The van der Waals surface area contributed by atoms with Crippen LogP contribution in [-0.4, -0.2) is 58.4 Å². The fourth-order valence-corrected chi connectivity index (χ4v) is 3.75. The van der Waals surface area contributed by atoms with Gasteiger partial charge in [-0.05, 0) is 61.6 Å². The van der Waals surface area contributed by atoms with Crippen molar-refractivity contribution in [1.82, 2.24) is 25.0 Å². The quantitative estimate of drug-likeness (QED) is 0.386. The molecule has 34 heavy (non-hydrogen) atoms. The van der Waals surface area contributed by atoms with Gasteiger partial charge in [-0.2, -0.15) is 5.10 Å². The van der Waals surface area contributed by atoms with Gasteiger partial charge in [0.25, 0.3) is 5.91 Å². The molecule has 1 amide bonds. The minimum atomic E-state index is -0.299. The van der Waals surface area contributed by atoms with Gasteiger partial charge in [-0.3, -0.25) is 4.79 Å². The largest absolute Gasteiger partial charge is 0.484 e. The third-order valence-corrected chi connectivity index (χ3v) is 5.64. The summed E-state index contributed by atoms with van der Waals surface area (Å²) in [6.07, 6.45) is 1.71.